The molecule has 18 heavy (non-hydrogen) atoms. The summed E-state index contributed by atoms with van der Waals surface area (Å²) in [5.41, 5.74) is 3.40. The van der Waals surface area contributed by atoms with Crippen molar-refractivity contribution in [3.63, 3.8) is 0 Å². The predicted octanol–water partition coefficient (Wildman–Crippen LogP) is 3.64. The molecule has 0 aliphatic heterocycles. The van der Waals surface area contributed by atoms with Crippen molar-refractivity contribution in [2.75, 3.05) is 5.32 Å². The Kier molecular flexibility index (Phi) is 4.10. The van der Waals surface area contributed by atoms with Crippen LogP contribution < -0.4 is 5.32 Å². The summed E-state index contributed by atoms with van der Waals surface area (Å²) in [6.45, 7) is 4.19. The van der Waals surface area contributed by atoms with Gasteiger partial charge in [0.15, 0.2) is 5.13 Å². The van der Waals surface area contributed by atoms with Gasteiger partial charge in [-0.25, -0.2) is 4.98 Å². The fourth-order valence-electron chi connectivity index (χ4n) is 1.89. The first-order valence-corrected chi connectivity index (χ1v) is 6.83. The van der Waals surface area contributed by atoms with E-state index < -0.39 is 0 Å². The van der Waals surface area contributed by atoms with Crippen LogP contribution in [-0.2, 0) is 11.2 Å². The monoisotopic (exact) mass is 260 g/mol. The molecule has 94 valence electrons. The van der Waals surface area contributed by atoms with Gasteiger partial charge in [-0.15, -0.1) is 11.3 Å². The largest absolute Gasteiger partial charge is 0.305 e. The number of thiazole rings is 1. The Morgan fingerprint density at radius 3 is 2.67 bits per heavy atom. The summed E-state index contributed by atoms with van der Waals surface area (Å²) in [5, 5.41) is 3.25. The highest BCUT2D eigenvalue weighted by Crippen LogP contribution is 2.30. The zero-order valence-corrected chi connectivity index (χ0v) is 11.4. The van der Waals surface area contributed by atoms with E-state index in [1.807, 2.05) is 6.92 Å². The van der Waals surface area contributed by atoms with Crippen molar-refractivity contribution >= 4 is 22.9 Å². The van der Waals surface area contributed by atoms with Crippen LogP contribution in [0.15, 0.2) is 24.3 Å². The van der Waals surface area contributed by atoms with Crippen molar-refractivity contribution in [3.8, 4) is 11.3 Å². The SMILES string of the molecule is CCCc1ccc(-c2nc(NC=O)sc2C)cc1. The molecule has 1 heterocycles. The highest BCUT2D eigenvalue weighted by molar-refractivity contribution is 7.16. The van der Waals surface area contributed by atoms with Gasteiger partial charge in [0.2, 0.25) is 6.41 Å². The third kappa shape index (κ3) is 2.76. The number of aromatic nitrogens is 1. The van der Waals surface area contributed by atoms with E-state index in [1.54, 1.807) is 0 Å². The zero-order chi connectivity index (χ0) is 13.0. The fourth-order valence-corrected chi connectivity index (χ4v) is 2.69. The average Bonchev–Trinajstić information content (AvgIpc) is 2.72. The molecule has 0 fully saturated rings. The summed E-state index contributed by atoms with van der Waals surface area (Å²) in [5.74, 6) is 0. The molecule has 0 unspecified atom stereocenters. The smallest absolute Gasteiger partial charge is 0.213 e. The van der Waals surface area contributed by atoms with Gasteiger partial charge in [0.05, 0.1) is 5.69 Å². The zero-order valence-electron chi connectivity index (χ0n) is 10.6. The molecule has 4 heteroatoms. The lowest BCUT2D eigenvalue weighted by atomic mass is 10.1. The lowest BCUT2D eigenvalue weighted by Gasteiger charge is -2.01. The van der Waals surface area contributed by atoms with Crippen LogP contribution in [0.1, 0.15) is 23.8 Å². The Morgan fingerprint density at radius 2 is 2.06 bits per heavy atom. The molecule has 0 radical (unpaired) electrons. The van der Waals surface area contributed by atoms with Crippen LogP contribution in [0.3, 0.4) is 0 Å². The van der Waals surface area contributed by atoms with E-state index in [0.717, 1.165) is 29.0 Å². The Balaban J connectivity index is 2.27. The van der Waals surface area contributed by atoms with Crippen molar-refractivity contribution in [1.29, 1.82) is 0 Å². The Labute approximate surface area is 111 Å². The first kappa shape index (κ1) is 12.8. The second-order valence-corrected chi connectivity index (χ2v) is 5.34. The van der Waals surface area contributed by atoms with E-state index in [4.69, 9.17) is 0 Å². The summed E-state index contributed by atoms with van der Waals surface area (Å²) in [6, 6.07) is 8.48. The van der Waals surface area contributed by atoms with Gasteiger partial charge in [-0.3, -0.25) is 4.79 Å². The van der Waals surface area contributed by atoms with Gasteiger partial charge in [-0.05, 0) is 18.9 Å². The maximum absolute atomic E-state index is 10.4. The summed E-state index contributed by atoms with van der Waals surface area (Å²) in [4.78, 5) is 15.9. The summed E-state index contributed by atoms with van der Waals surface area (Å²) in [7, 11) is 0. The topological polar surface area (TPSA) is 42.0 Å². The number of carbonyl (C=O) groups excluding carboxylic acids is 1. The lowest BCUT2D eigenvalue weighted by Crippen LogP contribution is -1.92. The first-order valence-electron chi connectivity index (χ1n) is 6.01. The minimum Gasteiger partial charge on any atom is -0.305 e. The van der Waals surface area contributed by atoms with E-state index in [0.29, 0.717) is 11.5 Å². The van der Waals surface area contributed by atoms with Crippen LogP contribution in [0.5, 0.6) is 0 Å². The summed E-state index contributed by atoms with van der Waals surface area (Å²) in [6.07, 6.45) is 2.92. The van der Waals surface area contributed by atoms with Crippen LogP contribution in [-0.4, -0.2) is 11.4 Å². The molecule has 1 aromatic carbocycles. The van der Waals surface area contributed by atoms with Gasteiger partial charge in [-0.2, -0.15) is 0 Å². The lowest BCUT2D eigenvalue weighted by molar-refractivity contribution is -0.105. The highest BCUT2D eigenvalue weighted by Gasteiger charge is 2.09. The Bertz CT molecular complexity index is 531. The molecule has 1 aromatic heterocycles. The number of rotatable bonds is 5. The molecule has 0 spiro atoms. The second kappa shape index (κ2) is 5.78. The Morgan fingerprint density at radius 1 is 1.33 bits per heavy atom. The number of aryl methyl sites for hydroxylation is 2. The minimum absolute atomic E-state index is 0.648. The summed E-state index contributed by atoms with van der Waals surface area (Å²) < 4.78 is 0. The maximum Gasteiger partial charge on any atom is 0.213 e. The number of anilines is 1. The van der Waals surface area contributed by atoms with Gasteiger partial charge in [0.25, 0.3) is 0 Å². The van der Waals surface area contributed by atoms with Crippen LogP contribution in [0.2, 0.25) is 0 Å². The van der Waals surface area contributed by atoms with E-state index >= 15 is 0 Å². The van der Waals surface area contributed by atoms with E-state index in [9.17, 15) is 4.79 Å². The second-order valence-electron chi connectivity index (χ2n) is 4.13. The first-order chi connectivity index (χ1) is 8.74. The number of amides is 1. The molecule has 0 aliphatic rings. The molecule has 2 rings (SSSR count). The van der Waals surface area contributed by atoms with Crippen LogP contribution in [0.4, 0.5) is 5.13 Å². The van der Waals surface area contributed by atoms with Crippen molar-refractivity contribution in [3.05, 3.63) is 34.7 Å². The number of hydrogen-bond donors (Lipinski definition) is 1. The molecule has 0 aliphatic carbocycles. The molecule has 1 amide bonds. The molecule has 0 bridgehead atoms. The fraction of sp³-hybridized carbons (Fsp3) is 0.286. The third-order valence-corrected chi connectivity index (χ3v) is 3.65. The quantitative estimate of drug-likeness (QED) is 0.834. The average molecular weight is 260 g/mol. The van der Waals surface area contributed by atoms with Gasteiger partial charge < -0.3 is 5.32 Å². The van der Waals surface area contributed by atoms with Crippen molar-refractivity contribution < 1.29 is 4.79 Å². The number of benzene rings is 1. The molecule has 0 atom stereocenters. The molecule has 3 nitrogen and oxygen atoms in total. The Hall–Kier alpha value is -1.68. The van der Waals surface area contributed by atoms with E-state index in [2.05, 4.69) is 41.5 Å². The van der Waals surface area contributed by atoms with Gasteiger partial charge in [0.1, 0.15) is 0 Å². The van der Waals surface area contributed by atoms with E-state index in [1.165, 1.54) is 16.9 Å². The van der Waals surface area contributed by atoms with Crippen molar-refractivity contribution in [2.45, 2.75) is 26.7 Å². The van der Waals surface area contributed by atoms with Gasteiger partial charge in [-0.1, -0.05) is 37.6 Å². The normalized spacial score (nSPS) is 10.3. The molecule has 2 aromatic rings. The summed E-state index contributed by atoms with van der Waals surface area (Å²) >= 11 is 1.49. The van der Waals surface area contributed by atoms with Crippen LogP contribution in [0, 0.1) is 6.92 Å². The van der Waals surface area contributed by atoms with Crippen LogP contribution in [0.25, 0.3) is 11.3 Å². The molecule has 1 N–H and O–H groups in total. The third-order valence-electron chi connectivity index (χ3n) is 2.75. The molecular weight excluding hydrogens is 244 g/mol. The standard InChI is InChI=1S/C14H16N2OS/c1-3-4-11-5-7-12(8-6-11)13-10(2)18-14(16-13)15-9-17/h5-9H,3-4H2,1-2H3,(H,15,16,17). The van der Waals surface area contributed by atoms with Crippen molar-refractivity contribution in [1.82, 2.24) is 4.98 Å². The maximum atomic E-state index is 10.4. The van der Waals surface area contributed by atoms with Crippen molar-refractivity contribution in [2.24, 2.45) is 0 Å². The predicted molar refractivity (Wildman–Crippen MR) is 76.0 cm³/mol. The number of nitrogens with zero attached hydrogens (tertiary/aromatic N) is 1. The number of carbonyl (C=O) groups is 1. The van der Waals surface area contributed by atoms with Gasteiger partial charge in [0, 0.05) is 10.4 Å². The molecule has 0 saturated heterocycles. The van der Waals surface area contributed by atoms with Gasteiger partial charge >= 0.3 is 0 Å². The highest BCUT2D eigenvalue weighted by atomic mass is 32.1. The van der Waals surface area contributed by atoms with Crippen LogP contribution >= 0.6 is 11.3 Å². The molecular formula is C14H16N2OS. The van der Waals surface area contributed by atoms with E-state index in [-0.39, 0.29) is 0 Å². The minimum atomic E-state index is 0.648. The number of nitrogens with one attached hydrogen (secondary N) is 1. The molecule has 0 saturated carbocycles. The number of hydrogen-bond acceptors (Lipinski definition) is 3.